The predicted octanol–water partition coefficient (Wildman–Crippen LogP) is 0.0434. The van der Waals surface area contributed by atoms with Crippen LogP contribution in [0.25, 0.3) is 0 Å². The van der Waals surface area contributed by atoms with Crippen molar-refractivity contribution in [3.05, 3.63) is 29.6 Å². The summed E-state index contributed by atoms with van der Waals surface area (Å²) in [7, 11) is -0.944. The predicted molar refractivity (Wildman–Crippen MR) is 38.8 cm³/mol. The number of rotatable bonds is 0. The molecule has 1 aromatic rings. The van der Waals surface area contributed by atoms with Crippen molar-refractivity contribution in [2.45, 2.75) is 6.61 Å². The van der Waals surface area contributed by atoms with Crippen LogP contribution in [0.4, 0.5) is 4.39 Å². The second-order valence-corrected chi connectivity index (χ2v) is 2.51. The van der Waals surface area contributed by atoms with E-state index in [-0.39, 0.29) is 5.82 Å². The molecule has 1 aliphatic heterocycles. The molecule has 0 fully saturated rings. The third-order valence-electron chi connectivity index (χ3n) is 1.77. The lowest BCUT2D eigenvalue weighted by molar-refractivity contribution is 0.275. The van der Waals surface area contributed by atoms with Gasteiger partial charge in [-0.1, -0.05) is 6.07 Å². The van der Waals surface area contributed by atoms with E-state index in [1.54, 1.807) is 6.07 Å². The summed E-state index contributed by atoms with van der Waals surface area (Å²) in [5, 5.41) is 9.12. The van der Waals surface area contributed by atoms with E-state index in [9.17, 15) is 4.39 Å². The van der Waals surface area contributed by atoms with Crippen molar-refractivity contribution in [2.24, 2.45) is 0 Å². The second kappa shape index (κ2) is 2.32. The molecule has 0 saturated carbocycles. The van der Waals surface area contributed by atoms with Crippen molar-refractivity contribution in [3.8, 4) is 0 Å². The minimum absolute atomic E-state index is 0.340. The van der Waals surface area contributed by atoms with Gasteiger partial charge in [0.15, 0.2) is 0 Å². The molecule has 0 saturated heterocycles. The summed E-state index contributed by atoms with van der Waals surface area (Å²) >= 11 is 0. The molecule has 4 heteroatoms. The maximum absolute atomic E-state index is 12.6. The molecule has 0 aliphatic carbocycles. The lowest BCUT2D eigenvalue weighted by atomic mass is 9.80. The summed E-state index contributed by atoms with van der Waals surface area (Å²) < 4.78 is 17.4. The van der Waals surface area contributed by atoms with E-state index in [0.717, 1.165) is 5.56 Å². The van der Waals surface area contributed by atoms with Gasteiger partial charge < -0.3 is 9.68 Å². The SMILES string of the molecule is OB1OCc2ccc(F)cc21. The molecular formula is C7H6BFO2. The molecule has 11 heavy (non-hydrogen) atoms. The van der Waals surface area contributed by atoms with Gasteiger partial charge >= 0.3 is 7.12 Å². The third kappa shape index (κ3) is 1.04. The van der Waals surface area contributed by atoms with Crippen molar-refractivity contribution in [1.82, 2.24) is 0 Å². The van der Waals surface area contributed by atoms with Crippen molar-refractivity contribution < 1.29 is 14.1 Å². The van der Waals surface area contributed by atoms with E-state index in [1.165, 1.54) is 12.1 Å². The molecule has 0 radical (unpaired) electrons. The van der Waals surface area contributed by atoms with Crippen LogP contribution in [0, 0.1) is 5.82 Å². The maximum Gasteiger partial charge on any atom is 0.491 e. The van der Waals surface area contributed by atoms with Gasteiger partial charge in [-0.3, -0.25) is 0 Å². The van der Waals surface area contributed by atoms with E-state index in [0.29, 0.717) is 12.1 Å². The van der Waals surface area contributed by atoms with Gasteiger partial charge in [0.25, 0.3) is 0 Å². The van der Waals surface area contributed by atoms with E-state index < -0.39 is 7.12 Å². The van der Waals surface area contributed by atoms with Gasteiger partial charge in [-0.25, -0.2) is 4.39 Å². The Hall–Kier alpha value is -0.865. The third-order valence-corrected chi connectivity index (χ3v) is 1.77. The zero-order chi connectivity index (χ0) is 7.84. The van der Waals surface area contributed by atoms with Crippen molar-refractivity contribution in [3.63, 3.8) is 0 Å². The van der Waals surface area contributed by atoms with E-state index in [2.05, 4.69) is 0 Å². The molecule has 0 amide bonds. The highest BCUT2D eigenvalue weighted by atomic mass is 19.1. The standard InChI is InChI=1S/C7H6BFO2/c9-6-2-1-5-4-11-8(10)7(5)3-6/h1-3,10H,4H2. The second-order valence-electron chi connectivity index (χ2n) is 2.51. The first-order chi connectivity index (χ1) is 5.27. The van der Waals surface area contributed by atoms with Gasteiger partial charge in [-0.05, 0) is 23.2 Å². The largest absolute Gasteiger partial charge is 0.491 e. The first-order valence-corrected chi connectivity index (χ1v) is 3.35. The van der Waals surface area contributed by atoms with Crippen LogP contribution < -0.4 is 5.46 Å². The lowest BCUT2D eigenvalue weighted by Crippen LogP contribution is -2.28. The van der Waals surface area contributed by atoms with Crippen LogP contribution >= 0.6 is 0 Å². The quantitative estimate of drug-likeness (QED) is 0.532. The van der Waals surface area contributed by atoms with E-state index in [1.807, 2.05) is 0 Å². The van der Waals surface area contributed by atoms with Crippen LogP contribution in [0.2, 0.25) is 0 Å². The highest BCUT2D eigenvalue weighted by molar-refractivity contribution is 6.61. The van der Waals surface area contributed by atoms with Crippen LogP contribution in [0.15, 0.2) is 18.2 Å². The summed E-state index contributed by atoms with van der Waals surface area (Å²) in [5.74, 6) is -0.340. The van der Waals surface area contributed by atoms with Crippen LogP contribution in [0.1, 0.15) is 5.56 Å². The monoisotopic (exact) mass is 152 g/mol. The summed E-state index contributed by atoms with van der Waals surface area (Å²) in [4.78, 5) is 0. The fourth-order valence-electron chi connectivity index (χ4n) is 1.19. The Bertz CT molecular complexity index is 290. The van der Waals surface area contributed by atoms with E-state index in [4.69, 9.17) is 9.68 Å². The van der Waals surface area contributed by atoms with Gasteiger partial charge in [0, 0.05) is 0 Å². The Morgan fingerprint density at radius 3 is 3.18 bits per heavy atom. The topological polar surface area (TPSA) is 29.5 Å². The normalized spacial score (nSPS) is 15.3. The molecule has 1 N–H and O–H groups in total. The molecule has 56 valence electrons. The molecule has 2 nitrogen and oxygen atoms in total. The maximum atomic E-state index is 12.6. The molecule has 0 spiro atoms. The van der Waals surface area contributed by atoms with Crippen LogP contribution in [0.5, 0.6) is 0 Å². The average molecular weight is 152 g/mol. The number of benzene rings is 1. The van der Waals surface area contributed by atoms with Gasteiger partial charge in [0.05, 0.1) is 6.61 Å². The highest BCUT2D eigenvalue weighted by Gasteiger charge is 2.27. The zero-order valence-corrected chi connectivity index (χ0v) is 5.75. The first-order valence-electron chi connectivity index (χ1n) is 3.35. The van der Waals surface area contributed by atoms with Crippen molar-refractivity contribution in [2.75, 3.05) is 0 Å². The summed E-state index contributed by atoms with van der Waals surface area (Å²) in [6.45, 7) is 0.372. The van der Waals surface area contributed by atoms with Gasteiger partial charge in [0.1, 0.15) is 5.82 Å². The molecular weight excluding hydrogens is 146 g/mol. The Morgan fingerprint density at radius 2 is 2.36 bits per heavy atom. The van der Waals surface area contributed by atoms with Crippen molar-refractivity contribution in [1.29, 1.82) is 0 Å². The van der Waals surface area contributed by atoms with Gasteiger partial charge in [-0.2, -0.15) is 0 Å². The number of halogens is 1. The van der Waals surface area contributed by atoms with Crippen molar-refractivity contribution >= 4 is 12.6 Å². The molecule has 1 aliphatic rings. The Balaban J connectivity index is 2.52. The van der Waals surface area contributed by atoms with Gasteiger partial charge in [-0.15, -0.1) is 0 Å². The molecule has 1 heterocycles. The minimum atomic E-state index is -0.944. The zero-order valence-electron chi connectivity index (χ0n) is 5.75. The summed E-state index contributed by atoms with van der Waals surface area (Å²) in [6, 6.07) is 4.29. The van der Waals surface area contributed by atoms with E-state index >= 15 is 0 Å². The Morgan fingerprint density at radius 1 is 1.55 bits per heavy atom. The number of hydrogen-bond acceptors (Lipinski definition) is 2. The fraction of sp³-hybridized carbons (Fsp3) is 0.143. The lowest BCUT2D eigenvalue weighted by Gasteiger charge is -1.95. The molecule has 0 unspecified atom stereocenters. The molecule has 0 atom stereocenters. The molecule has 2 rings (SSSR count). The minimum Gasteiger partial charge on any atom is -0.423 e. The number of fused-ring (bicyclic) bond motifs is 1. The van der Waals surface area contributed by atoms with Crippen LogP contribution in [0.3, 0.4) is 0 Å². The Labute approximate surface area is 63.8 Å². The Kier molecular flexibility index (Phi) is 1.44. The first kappa shape index (κ1) is 6.82. The smallest absolute Gasteiger partial charge is 0.423 e. The molecule has 0 bridgehead atoms. The fourth-order valence-corrected chi connectivity index (χ4v) is 1.19. The average Bonchev–Trinajstić information content (AvgIpc) is 2.33. The summed E-state index contributed by atoms with van der Waals surface area (Å²) in [6.07, 6.45) is 0. The number of hydrogen-bond donors (Lipinski definition) is 1. The van der Waals surface area contributed by atoms with Gasteiger partial charge in [0.2, 0.25) is 0 Å². The van der Waals surface area contributed by atoms with Crippen LogP contribution in [-0.2, 0) is 11.3 Å². The molecule has 1 aromatic carbocycles. The highest BCUT2D eigenvalue weighted by Crippen LogP contribution is 2.09. The molecule has 0 aromatic heterocycles. The summed E-state index contributed by atoms with van der Waals surface area (Å²) in [5.41, 5.74) is 1.41. The van der Waals surface area contributed by atoms with Crippen LogP contribution in [-0.4, -0.2) is 12.1 Å².